The van der Waals surface area contributed by atoms with E-state index in [2.05, 4.69) is 5.32 Å². The highest BCUT2D eigenvalue weighted by Gasteiger charge is 2.40. The maximum atomic E-state index is 13.4. The first-order chi connectivity index (χ1) is 8.94. The van der Waals surface area contributed by atoms with Crippen LogP contribution in [0.2, 0.25) is 0 Å². The van der Waals surface area contributed by atoms with Gasteiger partial charge in [0.15, 0.2) is 0 Å². The summed E-state index contributed by atoms with van der Waals surface area (Å²) in [5.74, 6) is -2.03. The molecule has 2 rings (SSSR count). The Morgan fingerprint density at radius 3 is 2.26 bits per heavy atom. The van der Waals surface area contributed by atoms with Gasteiger partial charge in [-0.25, -0.2) is 8.78 Å². The van der Waals surface area contributed by atoms with E-state index in [4.69, 9.17) is 5.73 Å². The molecule has 3 N–H and O–H groups in total. The zero-order valence-corrected chi connectivity index (χ0v) is 10.7. The van der Waals surface area contributed by atoms with E-state index in [-0.39, 0.29) is 5.56 Å². The maximum Gasteiger partial charge on any atom is 0.242 e. The molecule has 0 bridgehead atoms. The van der Waals surface area contributed by atoms with E-state index in [0.717, 1.165) is 18.2 Å². The Kier molecular flexibility index (Phi) is 3.82. The lowest BCUT2D eigenvalue weighted by Gasteiger charge is -2.41. The molecule has 0 radical (unpaired) electrons. The van der Waals surface area contributed by atoms with Gasteiger partial charge in [0.1, 0.15) is 17.2 Å². The van der Waals surface area contributed by atoms with E-state index in [9.17, 15) is 13.6 Å². The number of carbonyl (C=O) groups is 1. The fraction of sp³-hybridized carbons (Fsp3) is 0.462. The fourth-order valence-electron chi connectivity index (χ4n) is 2.43. The monoisotopic (exact) mass is 269 g/mol. The van der Waals surface area contributed by atoms with Crippen molar-refractivity contribution in [1.29, 1.82) is 0 Å². The summed E-state index contributed by atoms with van der Waals surface area (Å²) in [5, 5.41) is 3.16. The summed E-state index contributed by atoms with van der Waals surface area (Å²) >= 11 is 0. The van der Waals surface area contributed by atoms with E-state index in [0.29, 0.717) is 26.2 Å². The number of rotatable bonds is 3. The van der Waals surface area contributed by atoms with Crippen molar-refractivity contribution in [2.24, 2.45) is 5.73 Å². The lowest BCUT2D eigenvalue weighted by atomic mass is 9.88. The molecule has 1 aromatic rings. The van der Waals surface area contributed by atoms with Crippen LogP contribution in [0.4, 0.5) is 8.78 Å². The normalized spacial score (nSPS) is 19.9. The van der Waals surface area contributed by atoms with Gasteiger partial charge >= 0.3 is 0 Å². The molecule has 1 aliphatic rings. The summed E-state index contributed by atoms with van der Waals surface area (Å²) in [6, 6.07) is 3.11. The molecule has 19 heavy (non-hydrogen) atoms. The third-order valence-corrected chi connectivity index (χ3v) is 3.65. The van der Waals surface area contributed by atoms with Crippen LogP contribution in [0.5, 0.6) is 0 Å². The lowest BCUT2D eigenvalue weighted by Crippen LogP contribution is -2.58. The number of benzene rings is 1. The number of hydrogen-bond acceptors (Lipinski definition) is 3. The highest BCUT2D eigenvalue weighted by molar-refractivity contribution is 5.85. The summed E-state index contributed by atoms with van der Waals surface area (Å²) in [7, 11) is 0. The van der Waals surface area contributed by atoms with Crippen molar-refractivity contribution in [3.63, 3.8) is 0 Å². The number of halogens is 2. The molecule has 0 saturated carbocycles. The van der Waals surface area contributed by atoms with E-state index < -0.39 is 23.1 Å². The smallest absolute Gasteiger partial charge is 0.242 e. The summed E-state index contributed by atoms with van der Waals surface area (Å²) in [6.45, 7) is 4.21. The first-order valence-corrected chi connectivity index (χ1v) is 6.17. The second-order valence-electron chi connectivity index (χ2n) is 4.83. The average Bonchev–Trinajstić information content (AvgIpc) is 2.37. The Morgan fingerprint density at radius 1 is 1.26 bits per heavy atom. The molecule has 1 amide bonds. The van der Waals surface area contributed by atoms with Crippen molar-refractivity contribution in [2.45, 2.75) is 12.5 Å². The molecule has 1 aliphatic heterocycles. The molecular weight excluding hydrogens is 252 g/mol. The molecule has 1 atom stereocenters. The molecule has 1 fully saturated rings. The molecular formula is C13H17F2N3O. The average molecular weight is 269 g/mol. The van der Waals surface area contributed by atoms with E-state index in [1.807, 2.05) is 4.90 Å². The van der Waals surface area contributed by atoms with Crippen LogP contribution >= 0.6 is 0 Å². The van der Waals surface area contributed by atoms with Crippen LogP contribution in [-0.2, 0) is 10.3 Å². The van der Waals surface area contributed by atoms with Crippen molar-refractivity contribution in [1.82, 2.24) is 10.2 Å². The van der Waals surface area contributed by atoms with Crippen molar-refractivity contribution in [3.8, 4) is 0 Å². The predicted molar refractivity (Wildman–Crippen MR) is 67.3 cm³/mol. The second kappa shape index (κ2) is 5.22. The van der Waals surface area contributed by atoms with Gasteiger partial charge in [-0.3, -0.25) is 9.69 Å². The van der Waals surface area contributed by atoms with E-state index in [1.54, 1.807) is 6.92 Å². The minimum absolute atomic E-state index is 0.249. The van der Waals surface area contributed by atoms with Crippen molar-refractivity contribution >= 4 is 5.91 Å². The van der Waals surface area contributed by atoms with Gasteiger partial charge in [-0.1, -0.05) is 0 Å². The Balaban J connectivity index is 2.45. The summed E-state index contributed by atoms with van der Waals surface area (Å²) in [4.78, 5) is 13.7. The predicted octanol–water partition coefficient (Wildman–Crippen LogP) is 0.571. The Labute approximate surface area is 110 Å². The zero-order chi connectivity index (χ0) is 14.0. The second-order valence-corrected chi connectivity index (χ2v) is 4.83. The number of hydrogen-bond donors (Lipinski definition) is 2. The Bertz CT molecular complexity index is 469. The minimum atomic E-state index is -1.20. The molecule has 1 aromatic carbocycles. The van der Waals surface area contributed by atoms with Crippen LogP contribution < -0.4 is 11.1 Å². The van der Waals surface area contributed by atoms with E-state index >= 15 is 0 Å². The number of nitrogens with two attached hydrogens (primary N) is 1. The minimum Gasteiger partial charge on any atom is -0.368 e. The van der Waals surface area contributed by atoms with Crippen LogP contribution in [0.25, 0.3) is 0 Å². The third kappa shape index (κ3) is 2.59. The number of primary amides is 1. The van der Waals surface area contributed by atoms with Crippen LogP contribution in [0, 0.1) is 11.6 Å². The van der Waals surface area contributed by atoms with Gasteiger partial charge in [-0.2, -0.15) is 0 Å². The highest BCUT2D eigenvalue weighted by Crippen LogP contribution is 2.29. The molecule has 1 unspecified atom stereocenters. The molecule has 1 saturated heterocycles. The standard InChI is InChI=1S/C13H17F2N3O/c1-13(12(16)19,18-4-2-17-3-5-18)9-6-10(14)8-11(15)7-9/h6-8,17H,2-5H2,1H3,(H2,16,19). The number of carbonyl (C=O) groups excluding carboxylic acids is 1. The summed E-state index contributed by atoms with van der Waals surface area (Å²) < 4.78 is 26.7. The van der Waals surface area contributed by atoms with E-state index in [1.165, 1.54) is 0 Å². The topological polar surface area (TPSA) is 58.4 Å². The highest BCUT2D eigenvalue weighted by atomic mass is 19.1. The molecule has 6 heteroatoms. The molecule has 0 aliphatic carbocycles. The molecule has 0 aromatic heterocycles. The van der Waals surface area contributed by atoms with Gasteiger partial charge < -0.3 is 11.1 Å². The van der Waals surface area contributed by atoms with Gasteiger partial charge in [0.2, 0.25) is 5.91 Å². The number of piperazine rings is 1. The number of nitrogens with zero attached hydrogens (tertiary/aromatic N) is 1. The van der Waals surface area contributed by atoms with Gasteiger partial charge in [0.25, 0.3) is 0 Å². The first kappa shape index (κ1) is 13.9. The van der Waals surface area contributed by atoms with Crippen molar-refractivity contribution < 1.29 is 13.6 Å². The number of amides is 1. The lowest BCUT2D eigenvalue weighted by molar-refractivity contribution is -0.130. The zero-order valence-electron chi connectivity index (χ0n) is 10.7. The largest absolute Gasteiger partial charge is 0.368 e. The first-order valence-electron chi connectivity index (χ1n) is 6.17. The molecule has 0 spiro atoms. The van der Waals surface area contributed by atoms with Crippen LogP contribution in [0.1, 0.15) is 12.5 Å². The quantitative estimate of drug-likeness (QED) is 0.843. The summed E-state index contributed by atoms with van der Waals surface area (Å²) in [6.07, 6.45) is 0. The SMILES string of the molecule is CC(C(N)=O)(c1cc(F)cc(F)c1)N1CCNCC1. The van der Waals surface area contributed by atoms with Crippen LogP contribution in [0.3, 0.4) is 0 Å². The fourth-order valence-corrected chi connectivity index (χ4v) is 2.43. The maximum absolute atomic E-state index is 13.4. The Morgan fingerprint density at radius 2 is 1.79 bits per heavy atom. The van der Waals surface area contributed by atoms with Crippen molar-refractivity contribution in [2.75, 3.05) is 26.2 Å². The number of nitrogens with one attached hydrogen (secondary N) is 1. The van der Waals surface area contributed by atoms with Gasteiger partial charge in [0.05, 0.1) is 0 Å². The van der Waals surface area contributed by atoms with Crippen LogP contribution in [0.15, 0.2) is 18.2 Å². The van der Waals surface area contributed by atoms with Crippen LogP contribution in [-0.4, -0.2) is 37.0 Å². The Hall–Kier alpha value is -1.53. The van der Waals surface area contributed by atoms with Crippen molar-refractivity contribution in [3.05, 3.63) is 35.4 Å². The molecule has 4 nitrogen and oxygen atoms in total. The van der Waals surface area contributed by atoms with Gasteiger partial charge in [0, 0.05) is 32.2 Å². The third-order valence-electron chi connectivity index (χ3n) is 3.65. The summed E-state index contributed by atoms with van der Waals surface area (Å²) in [5.41, 5.74) is 4.53. The van der Waals surface area contributed by atoms with Gasteiger partial charge in [-0.05, 0) is 24.6 Å². The van der Waals surface area contributed by atoms with Gasteiger partial charge in [-0.15, -0.1) is 0 Å². The molecule has 1 heterocycles. The molecule has 104 valence electrons.